The predicted molar refractivity (Wildman–Crippen MR) is 47.6 cm³/mol. The first kappa shape index (κ1) is 8.98. The fraction of sp³-hybridized carbons (Fsp3) is 0.143. The highest BCUT2D eigenvalue weighted by atomic mass is 35.5. The van der Waals surface area contributed by atoms with E-state index in [0.29, 0.717) is 5.56 Å². The van der Waals surface area contributed by atoms with E-state index < -0.39 is 4.84 Å². The van der Waals surface area contributed by atoms with Gasteiger partial charge in [0.1, 0.15) is 10.6 Å². The second-order valence-electron chi connectivity index (χ2n) is 1.98. The molecule has 11 heavy (non-hydrogen) atoms. The number of aromatic hydroxyl groups is 1. The van der Waals surface area contributed by atoms with Crippen molar-refractivity contribution < 1.29 is 5.11 Å². The topological polar surface area (TPSA) is 20.2 Å². The molecule has 1 aromatic carbocycles. The fourth-order valence-electron chi connectivity index (χ4n) is 0.706. The van der Waals surface area contributed by atoms with Gasteiger partial charge in [-0.05, 0) is 6.07 Å². The van der Waals surface area contributed by atoms with Gasteiger partial charge in [0.2, 0.25) is 0 Å². The van der Waals surface area contributed by atoms with Crippen LogP contribution in [0.4, 0.5) is 0 Å². The van der Waals surface area contributed by atoms with Gasteiger partial charge in [-0.25, -0.2) is 0 Å². The lowest BCUT2D eigenvalue weighted by molar-refractivity contribution is 0.475. The molecule has 0 bridgehead atoms. The fourth-order valence-corrected chi connectivity index (χ4v) is 1.42. The summed E-state index contributed by atoms with van der Waals surface area (Å²) in [5.41, 5.74) is 0.523. The minimum absolute atomic E-state index is 0.00420. The van der Waals surface area contributed by atoms with E-state index in [0.717, 1.165) is 0 Å². The molecule has 0 atom stereocenters. The Kier molecular flexibility index (Phi) is 2.88. The van der Waals surface area contributed by atoms with Crippen molar-refractivity contribution in [3.05, 3.63) is 28.8 Å². The van der Waals surface area contributed by atoms with Crippen molar-refractivity contribution in [2.75, 3.05) is 0 Å². The van der Waals surface area contributed by atoms with E-state index in [2.05, 4.69) is 0 Å². The molecule has 0 fully saturated rings. The Labute approximate surface area is 79.5 Å². The number of hydrogen-bond donors (Lipinski definition) is 1. The third-order valence-corrected chi connectivity index (χ3v) is 2.13. The first-order chi connectivity index (χ1) is 5.13. The average Bonchev–Trinajstić information content (AvgIpc) is 1.94. The molecule has 0 radical (unpaired) electrons. The maximum Gasteiger partial charge on any atom is 0.134 e. The molecule has 0 heterocycles. The van der Waals surface area contributed by atoms with E-state index in [1.54, 1.807) is 12.1 Å². The molecule has 1 N–H and O–H groups in total. The predicted octanol–water partition coefficient (Wildman–Crippen LogP) is 3.52. The van der Waals surface area contributed by atoms with Crippen LogP contribution in [-0.4, -0.2) is 5.11 Å². The lowest BCUT2D eigenvalue weighted by Crippen LogP contribution is -1.82. The Morgan fingerprint density at radius 2 is 1.91 bits per heavy atom. The van der Waals surface area contributed by atoms with Crippen LogP contribution in [0.5, 0.6) is 5.75 Å². The molecule has 0 aliphatic rings. The molecule has 0 saturated carbocycles. The van der Waals surface area contributed by atoms with Crippen molar-refractivity contribution in [3.8, 4) is 5.75 Å². The number of alkyl halides is 2. The van der Waals surface area contributed by atoms with Gasteiger partial charge >= 0.3 is 0 Å². The highest BCUT2D eigenvalue weighted by Crippen LogP contribution is 2.35. The van der Waals surface area contributed by atoms with Gasteiger partial charge in [-0.3, -0.25) is 0 Å². The van der Waals surface area contributed by atoms with E-state index in [9.17, 15) is 0 Å². The van der Waals surface area contributed by atoms with Gasteiger partial charge in [-0.15, -0.1) is 23.2 Å². The van der Waals surface area contributed by atoms with Gasteiger partial charge in [-0.1, -0.05) is 23.7 Å². The zero-order valence-corrected chi connectivity index (χ0v) is 7.66. The van der Waals surface area contributed by atoms with Crippen LogP contribution >= 0.6 is 34.8 Å². The minimum Gasteiger partial charge on any atom is -0.506 e. The third-order valence-electron chi connectivity index (χ3n) is 1.24. The highest BCUT2D eigenvalue weighted by Gasteiger charge is 2.10. The van der Waals surface area contributed by atoms with Crippen molar-refractivity contribution in [2.45, 2.75) is 4.84 Å². The Morgan fingerprint density at radius 1 is 1.27 bits per heavy atom. The van der Waals surface area contributed by atoms with Gasteiger partial charge in [0.25, 0.3) is 0 Å². The summed E-state index contributed by atoms with van der Waals surface area (Å²) in [6, 6.07) is 4.77. The maximum atomic E-state index is 9.10. The summed E-state index contributed by atoms with van der Waals surface area (Å²) in [6.07, 6.45) is 0. The first-order valence-electron chi connectivity index (χ1n) is 2.88. The smallest absolute Gasteiger partial charge is 0.134 e. The zero-order valence-electron chi connectivity index (χ0n) is 5.39. The Balaban J connectivity index is 3.17. The summed E-state index contributed by atoms with van der Waals surface area (Å²) in [5, 5.41) is 9.31. The molecule has 0 spiro atoms. The monoisotopic (exact) mass is 210 g/mol. The molecular weight excluding hydrogens is 206 g/mol. The van der Waals surface area contributed by atoms with Crippen LogP contribution in [0.2, 0.25) is 5.02 Å². The summed E-state index contributed by atoms with van der Waals surface area (Å²) >= 11 is 16.8. The average molecular weight is 211 g/mol. The Morgan fingerprint density at radius 3 is 2.36 bits per heavy atom. The van der Waals surface area contributed by atoms with Crippen molar-refractivity contribution in [3.63, 3.8) is 0 Å². The first-order valence-corrected chi connectivity index (χ1v) is 4.13. The Hall–Kier alpha value is -0.110. The van der Waals surface area contributed by atoms with Crippen molar-refractivity contribution in [1.82, 2.24) is 0 Å². The van der Waals surface area contributed by atoms with Crippen LogP contribution in [0.25, 0.3) is 0 Å². The molecule has 0 aliphatic carbocycles. The van der Waals surface area contributed by atoms with Gasteiger partial charge < -0.3 is 5.11 Å². The van der Waals surface area contributed by atoms with Crippen LogP contribution in [0, 0.1) is 0 Å². The number of hydrogen-bond acceptors (Lipinski definition) is 1. The van der Waals surface area contributed by atoms with Crippen molar-refractivity contribution in [1.29, 1.82) is 0 Å². The lowest BCUT2D eigenvalue weighted by atomic mass is 10.2. The third kappa shape index (κ3) is 1.92. The van der Waals surface area contributed by atoms with E-state index >= 15 is 0 Å². The molecular formula is C7H5Cl3O. The largest absolute Gasteiger partial charge is 0.506 e. The van der Waals surface area contributed by atoms with E-state index in [4.69, 9.17) is 39.9 Å². The van der Waals surface area contributed by atoms with E-state index in [1.807, 2.05) is 0 Å². The molecule has 1 nitrogen and oxygen atoms in total. The number of phenolic OH excluding ortho intramolecular Hbond substituents is 1. The van der Waals surface area contributed by atoms with Crippen LogP contribution < -0.4 is 0 Å². The number of phenols is 1. The maximum absolute atomic E-state index is 9.10. The number of halogens is 3. The molecule has 0 amide bonds. The summed E-state index contributed by atoms with van der Waals surface area (Å²) in [6.45, 7) is 0. The highest BCUT2D eigenvalue weighted by molar-refractivity contribution is 6.45. The van der Waals surface area contributed by atoms with Crippen LogP contribution in [0.3, 0.4) is 0 Å². The molecule has 1 rings (SSSR count). The van der Waals surface area contributed by atoms with Gasteiger partial charge in [0.05, 0.1) is 5.02 Å². The summed E-state index contributed by atoms with van der Waals surface area (Å²) in [5.74, 6) is -0.00420. The molecule has 0 saturated heterocycles. The molecule has 4 heteroatoms. The van der Waals surface area contributed by atoms with Crippen LogP contribution in [-0.2, 0) is 0 Å². The number of benzene rings is 1. The van der Waals surface area contributed by atoms with Crippen molar-refractivity contribution in [2.24, 2.45) is 0 Å². The Bertz CT molecular complexity index is 260. The molecule has 0 aromatic heterocycles. The summed E-state index contributed by atoms with van der Waals surface area (Å²) in [4.78, 5) is -0.699. The quantitative estimate of drug-likeness (QED) is 0.705. The minimum atomic E-state index is -0.699. The van der Waals surface area contributed by atoms with E-state index in [1.165, 1.54) is 6.07 Å². The molecule has 0 aliphatic heterocycles. The SMILES string of the molecule is Oc1cccc(C(Cl)Cl)c1Cl. The van der Waals surface area contributed by atoms with Crippen LogP contribution in [0.15, 0.2) is 18.2 Å². The van der Waals surface area contributed by atoms with E-state index in [-0.39, 0.29) is 10.8 Å². The van der Waals surface area contributed by atoms with Crippen LogP contribution in [0.1, 0.15) is 10.4 Å². The van der Waals surface area contributed by atoms with Gasteiger partial charge in [0.15, 0.2) is 0 Å². The summed E-state index contributed by atoms with van der Waals surface area (Å²) in [7, 11) is 0. The molecule has 1 aromatic rings. The lowest BCUT2D eigenvalue weighted by Gasteiger charge is -2.04. The normalized spacial score (nSPS) is 10.5. The standard InChI is InChI=1S/C7H5Cl3O/c8-6-4(7(9)10)2-1-3-5(6)11/h1-3,7,11H. The second kappa shape index (κ2) is 3.53. The second-order valence-corrected chi connectivity index (χ2v) is 3.46. The zero-order chi connectivity index (χ0) is 8.43. The number of rotatable bonds is 1. The summed E-state index contributed by atoms with van der Waals surface area (Å²) < 4.78 is 0. The van der Waals surface area contributed by atoms with Gasteiger partial charge in [0, 0.05) is 5.56 Å². The van der Waals surface area contributed by atoms with Crippen molar-refractivity contribution >= 4 is 34.8 Å². The molecule has 0 unspecified atom stereocenters. The van der Waals surface area contributed by atoms with Gasteiger partial charge in [-0.2, -0.15) is 0 Å². The molecule has 60 valence electrons.